The zero-order chi connectivity index (χ0) is 7.23. The van der Waals surface area contributed by atoms with E-state index in [9.17, 15) is 0 Å². The van der Waals surface area contributed by atoms with E-state index in [4.69, 9.17) is 10.6 Å². The molecular formula is C6H10N2O2. The normalized spacial score (nSPS) is 15.5. The van der Waals surface area contributed by atoms with Crippen LogP contribution in [-0.4, -0.2) is 31.2 Å². The van der Waals surface area contributed by atoms with Crippen molar-refractivity contribution in [1.82, 2.24) is 4.90 Å². The van der Waals surface area contributed by atoms with Gasteiger partial charge in [0.05, 0.1) is 25.7 Å². The molecule has 1 rings (SSSR count). The van der Waals surface area contributed by atoms with Crippen molar-refractivity contribution < 1.29 is 9.57 Å². The fourth-order valence-corrected chi connectivity index (χ4v) is 0.690. The fraction of sp³-hybridized carbons (Fsp3) is 0.667. The first-order valence-corrected chi connectivity index (χ1v) is 3.12. The van der Waals surface area contributed by atoms with Crippen LogP contribution in [0.2, 0.25) is 0 Å². The van der Waals surface area contributed by atoms with E-state index >= 15 is 0 Å². The first kappa shape index (κ1) is 7.19. The highest BCUT2D eigenvalue weighted by atomic mass is 16.6. The summed E-state index contributed by atoms with van der Waals surface area (Å²) in [5, 5.41) is 0. The minimum atomic E-state index is 0.509. The number of hydrogen-bond acceptors (Lipinski definition) is 4. The van der Waals surface area contributed by atoms with Crippen LogP contribution in [0.3, 0.4) is 0 Å². The Morgan fingerprint density at radius 3 is 3.20 bits per heavy atom. The van der Waals surface area contributed by atoms with E-state index in [1.165, 1.54) is 0 Å². The summed E-state index contributed by atoms with van der Waals surface area (Å²) < 4.78 is 4.80. The van der Waals surface area contributed by atoms with Gasteiger partial charge in [-0.15, -0.1) is 0 Å². The van der Waals surface area contributed by atoms with Crippen LogP contribution < -0.4 is 5.90 Å². The van der Waals surface area contributed by atoms with E-state index in [0.717, 1.165) is 13.1 Å². The van der Waals surface area contributed by atoms with Crippen LogP contribution in [0.15, 0.2) is 0 Å². The van der Waals surface area contributed by atoms with Gasteiger partial charge in [0.1, 0.15) is 12.7 Å². The van der Waals surface area contributed by atoms with Gasteiger partial charge in [0, 0.05) is 0 Å². The van der Waals surface area contributed by atoms with Crippen molar-refractivity contribution in [3.05, 3.63) is 0 Å². The Kier molecular flexibility index (Phi) is 2.87. The third-order valence-electron chi connectivity index (χ3n) is 1.22. The molecule has 56 valence electrons. The summed E-state index contributed by atoms with van der Waals surface area (Å²) >= 11 is 0. The third-order valence-corrected chi connectivity index (χ3v) is 1.22. The van der Waals surface area contributed by atoms with Crippen molar-refractivity contribution >= 4 is 0 Å². The summed E-state index contributed by atoms with van der Waals surface area (Å²) in [4.78, 5) is 6.31. The molecule has 1 aliphatic rings. The molecule has 0 unspecified atom stereocenters. The van der Waals surface area contributed by atoms with Crippen LogP contribution >= 0.6 is 0 Å². The lowest BCUT2D eigenvalue weighted by Crippen LogP contribution is -2.29. The number of nitrogens with zero attached hydrogens (tertiary/aromatic N) is 1. The van der Waals surface area contributed by atoms with E-state index in [1.54, 1.807) is 0 Å². The van der Waals surface area contributed by atoms with Crippen molar-refractivity contribution in [2.45, 2.75) is 0 Å². The average molecular weight is 142 g/mol. The minimum Gasteiger partial charge on any atom is -0.443 e. The molecule has 1 aliphatic heterocycles. The van der Waals surface area contributed by atoms with Crippen LogP contribution in [0, 0.1) is 12.2 Å². The zero-order valence-electron chi connectivity index (χ0n) is 5.67. The van der Waals surface area contributed by atoms with Crippen molar-refractivity contribution in [2.75, 3.05) is 26.3 Å². The summed E-state index contributed by atoms with van der Waals surface area (Å²) in [6.07, 6.45) is 2.52. The molecule has 0 bridgehead atoms. The standard InChI is InChI=1S/C6H10N2O2/c7-10-6-3-8-1-4-9-5-2-8/h1,3-4,6-7H2. The lowest BCUT2D eigenvalue weighted by atomic mass is 10.5. The number of hydrogen-bond donors (Lipinski definition) is 1. The Hall–Kier alpha value is -0.920. The molecule has 0 atom stereocenters. The summed E-state index contributed by atoms with van der Waals surface area (Å²) in [6.45, 7) is 2.75. The maximum atomic E-state index is 4.84. The molecule has 2 N–H and O–H groups in total. The maximum Gasteiger partial charge on any atom is 0.133 e. The summed E-state index contributed by atoms with van der Waals surface area (Å²) in [5.74, 6) is 4.84. The van der Waals surface area contributed by atoms with Gasteiger partial charge in [-0.05, 0) is 0 Å². The zero-order valence-corrected chi connectivity index (χ0v) is 5.67. The van der Waals surface area contributed by atoms with Gasteiger partial charge in [0.25, 0.3) is 0 Å². The monoisotopic (exact) mass is 142 g/mol. The minimum absolute atomic E-state index is 0.509. The van der Waals surface area contributed by atoms with Crippen LogP contribution in [0.5, 0.6) is 0 Å². The van der Waals surface area contributed by atoms with E-state index in [0.29, 0.717) is 13.2 Å². The van der Waals surface area contributed by atoms with E-state index in [2.05, 4.69) is 17.0 Å². The first-order valence-electron chi connectivity index (χ1n) is 3.12. The molecule has 0 aromatic heterocycles. The first-order chi connectivity index (χ1) is 4.93. The van der Waals surface area contributed by atoms with Gasteiger partial charge in [0.2, 0.25) is 0 Å². The van der Waals surface area contributed by atoms with Crippen LogP contribution in [-0.2, 0) is 9.57 Å². The molecule has 0 aromatic carbocycles. The van der Waals surface area contributed by atoms with Gasteiger partial charge < -0.3 is 14.5 Å². The Bertz CT molecular complexity index is 150. The predicted molar refractivity (Wildman–Crippen MR) is 35.4 cm³/mol. The number of rotatable bonds is 3. The molecule has 0 radical (unpaired) electrons. The molecule has 0 saturated carbocycles. The molecule has 0 aliphatic carbocycles. The van der Waals surface area contributed by atoms with Gasteiger partial charge >= 0.3 is 0 Å². The number of nitrogens with two attached hydrogens (primary N) is 1. The van der Waals surface area contributed by atoms with Crippen molar-refractivity contribution in [3.63, 3.8) is 0 Å². The smallest absolute Gasteiger partial charge is 0.133 e. The summed E-state index contributed by atoms with van der Waals surface area (Å²) in [5.41, 5.74) is 0. The molecule has 4 heteroatoms. The number of ether oxygens (including phenoxy) is 1. The van der Waals surface area contributed by atoms with Crippen LogP contribution in [0.25, 0.3) is 0 Å². The van der Waals surface area contributed by atoms with Gasteiger partial charge in [-0.1, -0.05) is 0 Å². The third kappa shape index (κ3) is 2.13. The molecular weight excluding hydrogens is 132 g/mol. The average Bonchev–Trinajstić information content (AvgIpc) is 2.03. The molecule has 0 fully saturated rings. The van der Waals surface area contributed by atoms with Gasteiger partial charge in [-0.2, -0.15) is 0 Å². The topological polar surface area (TPSA) is 47.7 Å². The highest BCUT2D eigenvalue weighted by molar-refractivity contribution is 4.94. The van der Waals surface area contributed by atoms with Gasteiger partial charge in [-0.25, -0.2) is 5.90 Å². The molecule has 0 aromatic rings. The highest BCUT2D eigenvalue weighted by Gasteiger charge is 2.02. The largest absolute Gasteiger partial charge is 0.443 e. The SMILES string of the molecule is NOCCN1C#COCC1. The van der Waals surface area contributed by atoms with Crippen molar-refractivity contribution in [1.29, 1.82) is 0 Å². The molecule has 10 heavy (non-hydrogen) atoms. The molecule has 0 amide bonds. The fourth-order valence-electron chi connectivity index (χ4n) is 0.690. The van der Waals surface area contributed by atoms with Gasteiger partial charge in [-0.3, -0.25) is 0 Å². The summed E-state index contributed by atoms with van der Waals surface area (Å²) in [6, 6.07) is 2.78. The lowest BCUT2D eigenvalue weighted by Gasteiger charge is -2.17. The van der Waals surface area contributed by atoms with Gasteiger partial charge in [0.15, 0.2) is 0 Å². The Morgan fingerprint density at radius 1 is 1.70 bits per heavy atom. The molecule has 1 heterocycles. The van der Waals surface area contributed by atoms with Crippen LogP contribution in [0.1, 0.15) is 0 Å². The Labute approximate surface area is 59.8 Å². The lowest BCUT2D eigenvalue weighted by molar-refractivity contribution is 0.111. The Balaban J connectivity index is 2.18. The van der Waals surface area contributed by atoms with E-state index in [1.807, 2.05) is 4.90 Å². The van der Waals surface area contributed by atoms with E-state index < -0.39 is 0 Å². The second-order valence-corrected chi connectivity index (χ2v) is 1.92. The quantitative estimate of drug-likeness (QED) is 0.411. The predicted octanol–water partition coefficient (Wildman–Crippen LogP) is -0.873. The van der Waals surface area contributed by atoms with Crippen LogP contribution in [0.4, 0.5) is 0 Å². The second kappa shape index (κ2) is 3.99. The summed E-state index contributed by atoms with van der Waals surface area (Å²) in [7, 11) is 0. The van der Waals surface area contributed by atoms with E-state index in [-0.39, 0.29) is 0 Å². The van der Waals surface area contributed by atoms with Crippen molar-refractivity contribution in [2.24, 2.45) is 5.90 Å². The van der Waals surface area contributed by atoms with Crippen molar-refractivity contribution in [3.8, 4) is 12.2 Å². The molecule has 0 spiro atoms. The highest BCUT2D eigenvalue weighted by Crippen LogP contribution is 1.90. The Morgan fingerprint density at radius 2 is 2.60 bits per heavy atom. The molecule has 0 saturated heterocycles. The molecule has 4 nitrogen and oxygen atoms in total. The maximum absolute atomic E-state index is 4.84. The second-order valence-electron chi connectivity index (χ2n) is 1.92.